The number of likely N-dealkylation sites (tertiary alicyclic amines) is 1. The summed E-state index contributed by atoms with van der Waals surface area (Å²) in [6.45, 7) is 2.66. The summed E-state index contributed by atoms with van der Waals surface area (Å²) in [5.41, 5.74) is 2.28. The highest BCUT2D eigenvalue weighted by molar-refractivity contribution is 5.78. The molecule has 5 rings (SSSR count). The van der Waals surface area contributed by atoms with Crippen molar-refractivity contribution in [3.63, 3.8) is 0 Å². The normalized spacial score (nSPS) is 29.0. The smallest absolute Gasteiger partial charge is 0.254 e. The maximum absolute atomic E-state index is 13.0. The Morgan fingerprint density at radius 1 is 1.00 bits per heavy atom. The van der Waals surface area contributed by atoms with Crippen LogP contribution in [0.1, 0.15) is 36.8 Å². The van der Waals surface area contributed by atoms with E-state index in [2.05, 4.69) is 40.1 Å². The molecule has 0 saturated carbocycles. The highest BCUT2D eigenvalue weighted by Crippen LogP contribution is 2.42. The lowest BCUT2D eigenvalue weighted by atomic mass is 9.70. The van der Waals surface area contributed by atoms with E-state index in [0.717, 1.165) is 37.9 Å². The molecule has 3 aliphatic rings. The van der Waals surface area contributed by atoms with Crippen molar-refractivity contribution in [1.29, 1.82) is 0 Å². The topological polar surface area (TPSA) is 45.5 Å². The molecule has 0 aliphatic carbocycles. The van der Waals surface area contributed by atoms with Gasteiger partial charge in [-0.25, -0.2) is 0 Å². The van der Waals surface area contributed by atoms with Crippen LogP contribution in [0, 0.1) is 11.8 Å². The standard InChI is InChI=1S/C25H31N3O2/c1-26-12-6-9-19(25(26)30)15-27-16-20-14-21(17-27)23(13-18-7-3-2-4-8-18)28-22(20)10-5-11-24(28)29/h2-4,6-9,12,20-23H,5,10-11,13-17H2,1H3/t20-,21+,22+,23+/m1/s1. The Hall–Kier alpha value is -2.40. The Balaban J connectivity index is 1.42. The van der Waals surface area contributed by atoms with E-state index in [4.69, 9.17) is 0 Å². The van der Waals surface area contributed by atoms with Crippen molar-refractivity contribution < 1.29 is 4.79 Å². The SMILES string of the molecule is Cn1cccc(CN2C[C@H]3C[C@@H](C2)[C@H](Cc2ccccc2)N2C(=O)CCC[C@@H]32)c1=O. The van der Waals surface area contributed by atoms with E-state index in [-0.39, 0.29) is 11.6 Å². The summed E-state index contributed by atoms with van der Waals surface area (Å²) in [6.07, 6.45) is 6.79. The summed E-state index contributed by atoms with van der Waals surface area (Å²) in [5.74, 6) is 1.34. The van der Waals surface area contributed by atoms with Gasteiger partial charge in [-0.15, -0.1) is 0 Å². The van der Waals surface area contributed by atoms with Crippen LogP contribution in [0.4, 0.5) is 0 Å². The van der Waals surface area contributed by atoms with Gasteiger partial charge in [-0.05, 0) is 49.1 Å². The van der Waals surface area contributed by atoms with Crippen molar-refractivity contribution in [1.82, 2.24) is 14.4 Å². The van der Waals surface area contributed by atoms with Crippen molar-refractivity contribution in [3.05, 3.63) is 70.1 Å². The number of piperidine rings is 3. The molecule has 30 heavy (non-hydrogen) atoms. The number of fused-ring (bicyclic) bond motifs is 4. The van der Waals surface area contributed by atoms with Crippen LogP contribution >= 0.6 is 0 Å². The zero-order valence-corrected chi connectivity index (χ0v) is 17.7. The molecule has 3 fully saturated rings. The summed E-state index contributed by atoms with van der Waals surface area (Å²) in [7, 11) is 1.82. The van der Waals surface area contributed by atoms with E-state index in [1.807, 2.05) is 25.4 Å². The van der Waals surface area contributed by atoms with Gasteiger partial charge < -0.3 is 9.47 Å². The monoisotopic (exact) mass is 405 g/mol. The molecule has 5 nitrogen and oxygen atoms in total. The fourth-order valence-corrected chi connectivity index (χ4v) is 6.13. The quantitative estimate of drug-likeness (QED) is 0.786. The second kappa shape index (κ2) is 8.03. The first kappa shape index (κ1) is 19.6. The fraction of sp³-hybridized carbons (Fsp3) is 0.520. The Morgan fingerprint density at radius 2 is 1.80 bits per heavy atom. The lowest BCUT2D eigenvalue weighted by Gasteiger charge is -2.57. The lowest BCUT2D eigenvalue weighted by molar-refractivity contribution is -0.152. The van der Waals surface area contributed by atoms with E-state index < -0.39 is 0 Å². The minimum absolute atomic E-state index is 0.100. The number of nitrogens with zero attached hydrogens (tertiary/aromatic N) is 3. The van der Waals surface area contributed by atoms with Crippen LogP contribution in [0.5, 0.6) is 0 Å². The van der Waals surface area contributed by atoms with E-state index in [0.29, 0.717) is 36.8 Å². The third kappa shape index (κ3) is 3.60. The van der Waals surface area contributed by atoms with Crippen LogP contribution in [0.2, 0.25) is 0 Å². The van der Waals surface area contributed by atoms with Crippen LogP contribution in [-0.2, 0) is 24.8 Å². The van der Waals surface area contributed by atoms with Gasteiger partial charge in [0.2, 0.25) is 5.91 Å². The van der Waals surface area contributed by atoms with Crippen LogP contribution < -0.4 is 5.56 Å². The zero-order valence-electron chi connectivity index (χ0n) is 17.7. The molecular formula is C25H31N3O2. The van der Waals surface area contributed by atoms with Crippen molar-refractivity contribution in [3.8, 4) is 0 Å². The summed E-state index contributed by atoms with van der Waals surface area (Å²) in [4.78, 5) is 30.3. The largest absolute Gasteiger partial charge is 0.336 e. The average molecular weight is 406 g/mol. The number of hydrogen-bond acceptors (Lipinski definition) is 3. The number of carbonyl (C=O) groups excluding carboxylic acids is 1. The third-order valence-electron chi connectivity index (χ3n) is 7.46. The number of benzene rings is 1. The summed E-state index contributed by atoms with van der Waals surface area (Å²) < 4.78 is 1.67. The van der Waals surface area contributed by atoms with Gasteiger partial charge in [0.1, 0.15) is 0 Å². The molecular weight excluding hydrogens is 374 g/mol. The van der Waals surface area contributed by atoms with Gasteiger partial charge in [0.15, 0.2) is 0 Å². The number of hydrogen-bond donors (Lipinski definition) is 0. The molecule has 0 radical (unpaired) electrons. The van der Waals surface area contributed by atoms with Crippen LogP contribution in [0.3, 0.4) is 0 Å². The predicted molar refractivity (Wildman–Crippen MR) is 117 cm³/mol. The molecule has 158 valence electrons. The first-order chi connectivity index (χ1) is 14.6. The number of pyridine rings is 1. The lowest BCUT2D eigenvalue weighted by Crippen LogP contribution is -2.65. The molecule has 0 unspecified atom stereocenters. The molecule has 0 N–H and O–H groups in total. The van der Waals surface area contributed by atoms with Crippen molar-refractivity contribution in [2.24, 2.45) is 18.9 Å². The maximum Gasteiger partial charge on any atom is 0.254 e. The molecule has 4 heterocycles. The summed E-state index contributed by atoms with van der Waals surface area (Å²) in [6, 6.07) is 15.2. The molecule has 1 amide bonds. The predicted octanol–water partition coefficient (Wildman–Crippen LogP) is 2.83. The summed E-state index contributed by atoms with van der Waals surface area (Å²) >= 11 is 0. The van der Waals surface area contributed by atoms with Gasteiger partial charge in [0, 0.05) is 56.9 Å². The molecule has 0 spiro atoms. The number of aromatic nitrogens is 1. The zero-order chi connectivity index (χ0) is 20.7. The molecule has 3 saturated heterocycles. The van der Waals surface area contributed by atoms with Crippen LogP contribution in [0.25, 0.3) is 0 Å². The Bertz CT molecular complexity index is 970. The van der Waals surface area contributed by atoms with E-state index in [9.17, 15) is 9.59 Å². The van der Waals surface area contributed by atoms with Crippen molar-refractivity contribution >= 4 is 5.91 Å². The van der Waals surface area contributed by atoms with Gasteiger partial charge in [-0.3, -0.25) is 14.5 Å². The first-order valence-electron chi connectivity index (χ1n) is 11.3. The van der Waals surface area contributed by atoms with Gasteiger partial charge in [-0.1, -0.05) is 36.4 Å². The fourth-order valence-electron chi connectivity index (χ4n) is 6.13. The molecule has 5 heteroatoms. The van der Waals surface area contributed by atoms with Crippen molar-refractivity contribution in [2.45, 2.75) is 50.7 Å². The molecule has 2 aromatic rings. The van der Waals surface area contributed by atoms with Gasteiger partial charge in [-0.2, -0.15) is 0 Å². The molecule has 1 aromatic carbocycles. The van der Waals surface area contributed by atoms with E-state index in [1.165, 1.54) is 12.0 Å². The molecule has 1 aromatic heterocycles. The van der Waals surface area contributed by atoms with Crippen LogP contribution in [-0.4, -0.2) is 45.4 Å². The summed E-state index contributed by atoms with van der Waals surface area (Å²) in [5, 5.41) is 0. The van der Waals surface area contributed by atoms with E-state index in [1.54, 1.807) is 4.57 Å². The van der Waals surface area contributed by atoms with Crippen LogP contribution in [0.15, 0.2) is 53.5 Å². The van der Waals surface area contributed by atoms with Gasteiger partial charge in [0.25, 0.3) is 5.56 Å². The Morgan fingerprint density at radius 3 is 2.63 bits per heavy atom. The number of amides is 1. The second-order valence-electron chi connectivity index (χ2n) is 9.42. The number of aryl methyl sites for hydroxylation is 1. The van der Waals surface area contributed by atoms with Gasteiger partial charge in [0.05, 0.1) is 0 Å². The van der Waals surface area contributed by atoms with E-state index >= 15 is 0 Å². The molecule has 3 aliphatic heterocycles. The minimum Gasteiger partial charge on any atom is -0.336 e. The maximum atomic E-state index is 13.0. The minimum atomic E-state index is 0.100. The number of carbonyl (C=O) groups is 1. The second-order valence-corrected chi connectivity index (χ2v) is 9.42. The van der Waals surface area contributed by atoms with Crippen molar-refractivity contribution in [2.75, 3.05) is 13.1 Å². The first-order valence-corrected chi connectivity index (χ1v) is 11.3. The molecule has 2 bridgehead atoms. The highest BCUT2D eigenvalue weighted by atomic mass is 16.2. The Kier molecular flexibility index (Phi) is 5.23. The third-order valence-corrected chi connectivity index (χ3v) is 7.46. The molecule has 4 atom stereocenters. The van der Waals surface area contributed by atoms with Gasteiger partial charge >= 0.3 is 0 Å². The Labute approximate surface area is 178 Å². The number of rotatable bonds is 4. The average Bonchev–Trinajstić information content (AvgIpc) is 2.75. The highest BCUT2D eigenvalue weighted by Gasteiger charge is 2.49.